The van der Waals surface area contributed by atoms with Crippen LogP contribution in [0, 0.1) is 0 Å². The Kier molecular flexibility index (Phi) is 7.48. The molecule has 2 amide bonds. The maximum Gasteiger partial charge on any atom is 0.223 e. The van der Waals surface area contributed by atoms with E-state index >= 15 is 0 Å². The lowest BCUT2D eigenvalue weighted by Gasteiger charge is -2.21. The summed E-state index contributed by atoms with van der Waals surface area (Å²) >= 11 is 6.13. The standard InChI is InChI=1S/C20H23ClN2O3/c1-15(24)23(17-8-9-19(26-2)18(21)14-17)13-11-20(25)22-12-10-16-6-4-3-5-7-16/h3-9,14H,10-13H2,1-2H3,(H,22,25). The summed E-state index contributed by atoms with van der Waals surface area (Å²) < 4.78 is 5.12. The first-order valence-electron chi connectivity index (χ1n) is 8.43. The monoisotopic (exact) mass is 374 g/mol. The van der Waals surface area contributed by atoms with Gasteiger partial charge in [-0.05, 0) is 30.2 Å². The number of nitrogens with one attached hydrogen (secondary N) is 1. The number of benzene rings is 2. The Morgan fingerprint density at radius 1 is 1.15 bits per heavy atom. The van der Waals surface area contributed by atoms with E-state index in [1.54, 1.807) is 18.2 Å². The first kappa shape index (κ1) is 19.8. The normalized spacial score (nSPS) is 10.3. The lowest BCUT2D eigenvalue weighted by molar-refractivity contribution is -0.121. The maximum absolute atomic E-state index is 12.1. The minimum Gasteiger partial charge on any atom is -0.495 e. The minimum absolute atomic E-state index is 0.0909. The molecular weight excluding hydrogens is 352 g/mol. The number of carbonyl (C=O) groups excluding carboxylic acids is 2. The van der Waals surface area contributed by atoms with Crippen molar-refractivity contribution in [3.05, 3.63) is 59.1 Å². The van der Waals surface area contributed by atoms with Crippen LogP contribution in [0.4, 0.5) is 5.69 Å². The number of methoxy groups -OCH3 is 1. The molecule has 2 aromatic carbocycles. The van der Waals surface area contributed by atoms with Crippen LogP contribution in [0.1, 0.15) is 18.9 Å². The molecule has 0 saturated heterocycles. The molecule has 0 aliphatic carbocycles. The van der Waals surface area contributed by atoms with Gasteiger partial charge in [0.2, 0.25) is 11.8 Å². The number of hydrogen-bond acceptors (Lipinski definition) is 3. The van der Waals surface area contributed by atoms with Gasteiger partial charge in [-0.25, -0.2) is 0 Å². The fourth-order valence-electron chi connectivity index (χ4n) is 2.58. The van der Waals surface area contributed by atoms with Crippen LogP contribution in [-0.2, 0) is 16.0 Å². The number of rotatable bonds is 8. The van der Waals surface area contributed by atoms with Gasteiger partial charge in [-0.15, -0.1) is 0 Å². The predicted octanol–water partition coefficient (Wildman–Crippen LogP) is 3.45. The van der Waals surface area contributed by atoms with Crippen molar-refractivity contribution in [2.75, 3.05) is 25.1 Å². The van der Waals surface area contributed by atoms with Crippen molar-refractivity contribution in [1.29, 1.82) is 0 Å². The number of amides is 2. The van der Waals surface area contributed by atoms with Gasteiger partial charge in [0.05, 0.1) is 12.1 Å². The van der Waals surface area contributed by atoms with E-state index in [9.17, 15) is 9.59 Å². The molecule has 0 bridgehead atoms. The number of anilines is 1. The van der Waals surface area contributed by atoms with Crippen LogP contribution in [0.3, 0.4) is 0 Å². The Morgan fingerprint density at radius 2 is 1.88 bits per heavy atom. The van der Waals surface area contributed by atoms with E-state index in [-0.39, 0.29) is 24.8 Å². The summed E-state index contributed by atoms with van der Waals surface area (Å²) in [5, 5.41) is 3.30. The fraction of sp³-hybridized carbons (Fsp3) is 0.300. The van der Waals surface area contributed by atoms with E-state index in [4.69, 9.17) is 16.3 Å². The van der Waals surface area contributed by atoms with Crippen LogP contribution in [0.5, 0.6) is 5.75 Å². The Bertz CT molecular complexity index is 750. The highest BCUT2D eigenvalue weighted by atomic mass is 35.5. The van der Waals surface area contributed by atoms with Crippen LogP contribution >= 0.6 is 11.6 Å². The first-order valence-corrected chi connectivity index (χ1v) is 8.81. The van der Waals surface area contributed by atoms with E-state index in [0.29, 0.717) is 23.0 Å². The number of carbonyl (C=O) groups is 2. The van der Waals surface area contributed by atoms with Gasteiger partial charge in [-0.1, -0.05) is 41.9 Å². The molecule has 1 N–H and O–H groups in total. The molecule has 0 atom stereocenters. The van der Waals surface area contributed by atoms with Crippen LogP contribution in [0.25, 0.3) is 0 Å². The van der Waals surface area contributed by atoms with E-state index in [0.717, 1.165) is 6.42 Å². The zero-order chi connectivity index (χ0) is 18.9. The van der Waals surface area contributed by atoms with Crippen molar-refractivity contribution < 1.29 is 14.3 Å². The van der Waals surface area contributed by atoms with Crippen LogP contribution in [-0.4, -0.2) is 32.0 Å². The summed E-state index contributed by atoms with van der Waals surface area (Å²) in [6, 6.07) is 15.1. The van der Waals surface area contributed by atoms with Crippen molar-refractivity contribution in [3.8, 4) is 5.75 Å². The zero-order valence-electron chi connectivity index (χ0n) is 15.0. The van der Waals surface area contributed by atoms with Gasteiger partial charge in [0.25, 0.3) is 0 Å². The molecule has 0 aliphatic heterocycles. The van der Waals surface area contributed by atoms with E-state index in [1.165, 1.54) is 24.5 Å². The highest BCUT2D eigenvalue weighted by Gasteiger charge is 2.15. The summed E-state index contributed by atoms with van der Waals surface area (Å²) in [5.41, 5.74) is 1.81. The van der Waals surface area contributed by atoms with Gasteiger partial charge in [0.1, 0.15) is 5.75 Å². The lowest BCUT2D eigenvalue weighted by Crippen LogP contribution is -2.34. The van der Waals surface area contributed by atoms with Gasteiger partial charge in [-0.2, -0.15) is 0 Å². The Balaban J connectivity index is 1.87. The topological polar surface area (TPSA) is 58.6 Å². The van der Waals surface area contributed by atoms with Gasteiger partial charge >= 0.3 is 0 Å². The maximum atomic E-state index is 12.1. The first-order chi connectivity index (χ1) is 12.5. The third-order valence-corrected chi connectivity index (χ3v) is 4.26. The van der Waals surface area contributed by atoms with Crippen LogP contribution in [0.2, 0.25) is 5.02 Å². The minimum atomic E-state index is -0.150. The molecule has 0 radical (unpaired) electrons. The molecule has 0 aromatic heterocycles. The lowest BCUT2D eigenvalue weighted by atomic mass is 10.1. The summed E-state index contributed by atoms with van der Waals surface area (Å²) in [6.07, 6.45) is 0.995. The Hall–Kier alpha value is -2.53. The third kappa shape index (κ3) is 5.77. The molecule has 26 heavy (non-hydrogen) atoms. The summed E-state index contributed by atoms with van der Waals surface area (Å²) in [7, 11) is 1.53. The fourth-order valence-corrected chi connectivity index (χ4v) is 2.84. The highest BCUT2D eigenvalue weighted by molar-refractivity contribution is 6.32. The van der Waals surface area contributed by atoms with Crippen molar-refractivity contribution >= 4 is 29.1 Å². The number of halogens is 1. The summed E-state index contributed by atoms with van der Waals surface area (Å²) in [4.78, 5) is 25.5. The van der Waals surface area contributed by atoms with Crippen molar-refractivity contribution in [2.45, 2.75) is 19.8 Å². The molecule has 0 unspecified atom stereocenters. The average Bonchev–Trinajstić information content (AvgIpc) is 2.62. The second kappa shape index (κ2) is 9.82. The largest absolute Gasteiger partial charge is 0.495 e. The SMILES string of the molecule is COc1ccc(N(CCC(=O)NCCc2ccccc2)C(C)=O)cc1Cl. The quantitative estimate of drug-likeness (QED) is 0.769. The van der Waals surface area contributed by atoms with E-state index in [1.807, 2.05) is 30.3 Å². The van der Waals surface area contributed by atoms with Crippen molar-refractivity contribution in [1.82, 2.24) is 5.32 Å². The summed E-state index contributed by atoms with van der Waals surface area (Å²) in [6.45, 7) is 2.32. The summed E-state index contributed by atoms with van der Waals surface area (Å²) in [5.74, 6) is 0.299. The van der Waals surface area contributed by atoms with Crippen molar-refractivity contribution in [2.24, 2.45) is 0 Å². The highest BCUT2D eigenvalue weighted by Crippen LogP contribution is 2.29. The zero-order valence-corrected chi connectivity index (χ0v) is 15.8. The van der Waals surface area contributed by atoms with Gasteiger partial charge < -0.3 is 15.0 Å². The molecule has 5 nitrogen and oxygen atoms in total. The van der Waals surface area contributed by atoms with Crippen LogP contribution in [0.15, 0.2) is 48.5 Å². The molecule has 2 rings (SSSR count). The number of nitrogens with zero attached hydrogens (tertiary/aromatic N) is 1. The molecule has 0 fully saturated rings. The molecule has 138 valence electrons. The van der Waals surface area contributed by atoms with Crippen LogP contribution < -0.4 is 15.0 Å². The smallest absolute Gasteiger partial charge is 0.223 e. The van der Waals surface area contributed by atoms with Crippen molar-refractivity contribution in [3.63, 3.8) is 0 Å². The Labute approximate surface area is 158 Å². The van der Waals surface area contributed by atoms with Gasteiger partial charge in [0, 0.05) is 32.1 Å². The second-order valence-electron chi connectivity index (χ2n) is 5.83. The molecule has 0 aliphatic rings. The second-order valence-corrected chi connectivity index (χ2v) is 6.23. The molecular formula is C20H23ClN2O3. The van der Waals surface area contributed by atoms with Gasteiger partial charge in [-0.3, -0.25) is 9.59 Å². The average molecular weight is 375 g/mol. The predicted molar refractivity (Wildman–Crippen MR) is 104 cm³/mol. The van der Waals surface area contributed by atoms with E-state index < -0.39 is 0 Å². The molecule has 0 heterocycles. The number of ether oxygens (including phenoxy) is 1. The molecule has 0 saturated carbocycles. The Morgan fingerprint density at radius 3 is 2.50 bits per heavy atom. The molecule has 2 aromatic rings. The third-order valence-electron chi connectivity index (χ3n) is 3.97. The van der Waals surface area contributed by atoms with Gasteiger partial charge in [0.15, 0.2) is 0 Å². The van der Waals surface area contributed by atoms with E-state index in [2.05, 4.69) is 5.32 Å². The molecule has 0 spiro atoms. The number of hydrogen-bond donors (Lipinski definition) is 1. The molecule has 6 heteroatoms.